The first kappa shape index (κ1) is 27.6. The maximum atomic E-state index is 10.9. The maximum Gasteiger partial charge on any atom is 0.167 e. The molecule has 1 atom stereocenters. The second kappa shape index (κ2) is 13.4. The molecule has 4 aromatic rings. The fourth-order valence-electron chi connectivity index (χ4n) is 5.22. The molecule has 0 amide bonds. The minimum absolute atomic E-state index is 0.189. The highest BCUT2D eigenvalue weighted by Gasteiger charge is 2.22. The molecule has 3 aromatic carbocycles. The molecule has 1 aliphatic heterocycles. The average Bonchev–Trinajstić information content (AvgIpc) is 3.47. The van der Waals surface area contributed by atoms with Crippen molar-refractivity contribution in [1.29, 1.82) is 0 Å². The lowest BCUT2D eigenvalue weighted by Crippen LogP contribution is -2.39. The van der Waals surface area contributed by atoms with E-state index in [9.17, 15) is 5.11 Å². The van der Waals surface area contributed by atoms with Crippen LogP contribution in [0, 0.1) is 0 Å². The zero-order valence-electron chi connectivity index (χ0n) is 23.0. The molecule has 1 unspecified atom stereocenters. The van der Waals surface area contributed by atoms with Gasteiger partial charge in [0.05, 0.1) is 6.61 Å². The van der Waals surface area contributed by atoms with Crippen molar-refractivity contribution in [3.05, 3.63) is 131 Å². The van der Waals surface area contributed by atoms with E-state index in [4.69, 9.17) is 14.0 Å². The van der Waals surface area contributed by atoms with Crippen molar-refractivity contribution in [2.24, 2.45) is 0 Å². The van der Waals surface area contributed by atoms with Crippen molar-refractivity contribution in [2.75, 3.05) is 33.4 Å². The van der Waals surface area contributed by atoms with Crippen LogP contribution in [0.3, 0.4) is 0 Å². The van der Waals surface area contributed by atoms with Crippen molar-refractivity contribution in [2.45, 2.75) is 25.6 Å². The van der Waals surface area contributed by atoms with Gasteiger partial charge in [0.2, 0.25) is 0 Å². The Bertz CT molecular complexity index is 1380. The Morgan fingerprint density at radius 1 is 0.950 bits per heavy atom. The lowest BCUT2D eigenvalue weighted by Gasteiger charge is -2.31. The van der Waals surface area contributed by atoms with Crippen LogP contribution in [0.25, 0.3) is 11.1 Å². The van der Waals surface area contributed by atoms with Gasteiger partial charge in [-0.05, 0) is 35.6 Å². The van der Waals surface area contributed by atoms with E-state index < -0.39 is 6.10 Å². The van der Waals surface area contributed by atoms with Gasteiger partial charge in [-0.25, -0.2) is 0 Å². The van der Waals surface area contributed by atoms with Crippen LogP contribution < -0.4 is 4.74 Å². The fraction of sp³-hybridized carbons (Fsp3) is 0.265. The predicted molar refractivity (Wildman–Crippen MR) is 158 cm³/mol. The minimum Gasteiger partial charge on any atom is -0.490 e. The molecule has 1 fully saturated rings. The molecule has 1 aromatic heterocycles. The number of aliphatic hydroxyl groups excluding tert-OH is 1. The Morgan fingerprint density at radius 3 is 2.23 bits per heavy atom. The van der Waals surface area contributed by atoms with E-state index in [2.05, 4.69) is 77.3 Å². The molecular weight excluding hydrogens is 500 g/mol. The van der Waals surface area contributed by atoms with Crippen LogP contribution in [0.2, 0.25) is 0 Å². The number of benzene rings is 3. The second-order valence-electron chi connectivity index (χ2n) is 10.1. The average molecular weight is 537 g/mol. The van der Waals surface area contributed by atoms with Gasteiger partial charge in [-0.1, -0.05) is 96.2 Å². The summed E-state index contributed by atoms with van der Waals surface area (Å²) in [7, 11) is 1.61. The predicted octanol–water partition coefficient (Wildman–Crippen LogP) is 6.22. The molecule has 1 aliphatic rings. The highest BCUT2D eigenvalue weighted by atomic mass is 16.5. The third-order valence-electron chi connectivity index (χ3n) is 7.20. The molecule has 1 saturated heterocycles. The number of likely N-dealkylation sites (tertiary alicyclic amines) is 1. The summed E-state index contributed by atoms with van der Waals surface area (Å²) < 4.78 is 16.7. The summed E-state index contributed by atoms with van der Waals surface area (Å²) in [5, 5.41) is 14.9. The van der Waals surface area contributed by atoms with Crippen LogP contribution in [0.5, 0.6) is 5.75 Å². The molecular formula is C34H36N2O4. The van der Waals surface area contributed by atoms with E-state index in [0.717, 1.165) is 31.5 Å². The van der Waals surface area contributed by atoms with Gasteiger partial charge in [0.1, 0.15) is 24.2 Å². The molecule has 6 nitrogen and oxygen atoms in total. The van der Waals surface area contributed by atoms with Crippen LogP contribution >= 0.6 is 0 Å². The van der Waals surface area contributed by atoms with Gasteiger partial charge in [0, 0.05) is 43.9 Å². The molecule has 2 heterocycles. The van der Waals surface area contributed by atoms with Crippen molar-refractivity contribution < 1.29 is 19.1 Å². The lowest BCUT2D eigenvalue weighted by atomic mass is 9.88. The summed E-state index contributed by atoms with van der Waals surface area (Å²) >= 11 is 0. The number of aromatic nitrogens is 1. The van der Waals surface area contributed by atoms with Gasteiger partial charge in [-0.2, -0.15) is 0 Å². The van der Waals surface area contributed by atoms with E-state index in [1.165, 1.54) is 22.3 Å². The van der Waals surface area contributed by atoms with Gasteiger partial charge in [0.15, 0.2) is 5.76 Å². The van der Waals surface area contributed by atoms with Crippen LogP contribution in [-0.4, -0.2) is 54.6 Å². The molecule has 6 heteroatoms. The minimum atomic E-state index is -0.617. The maximum absolute atomic E-state index is 10.9. The SMILES string of the molecule is C=C(c1cc(COC)no1)c1ccccc1OCC(O)CN1CCC(=C(c2ccccc2)c2ccccc2)CC1. The van der Waals surface area contributed by atoms with Crippen LogP contribution in [0.15, 0.2) is 108 Å². The number of methoxy groups -OCH3 is 1. The molecule has 0 spiro atoms. The van der Waals surface area contributed by atoms with E-state index in [1.807, 2.05) is 30.3 Å². The summed E-state index contributed by atoms with van der Waals surface area (Å²) in [4.78, 5) is 2.32. The monoisotopic (exact) mass is 536 g/mol. The molecule has 5 rings (SSSR count). The molecule has 0 aliphatic carbocycles. The number of para-hydroxylation sites is 1. The summed E-state index contributed by atoms with van der Waals surface area (Å²) in [6.07, 6.45) is 1.32. The zero-order chi connectivity index (χ0) is 27.7. The number of ether oxygens (including phenoxy) is 2. The Hall–Kier alpha value is -3.97. The van der Waals surface area contributed by atoms with E-state index in [1.54, 1.807) is 7.11 Å². The quantitative estimate of drug-likeness (QED) is 0.245. The third kappa shape index (κ3) is 6.77. The summed E-state index contributed by atoms with van der Waals surface area (Å²) in [6, 6.07) is 30.7. The number of hydrogen-bond acceptors (Lipinski definition) is 6. The Balaban J connectivity index is 1.19. The van der Waals surface area contributed by atoms with Gasteiger partial charge < -0.3 is 19.1 Å². The highest BCUT2D eigenvalue weighted by Crippen LogP contribution is 2.33. The number of β-amino-alcohol motifs (C(OH)–C–C–N with tert-alkyl or cyclic N) is 1. The largest absolute Gasteiger partial charge is 0.490 e. The lowest BCUT2D eigenvalue weighted by molar-refractivity contribution is 0.0655. The van der Waals surface area contributed by atoms with Crippen LogP contribution in [-0.2, 0) is 11.3 Å². The number of rotatable bonds is 11. The Morgan fingerprint density at radius 2 is 1.57 bits per heavy atom. The van der Waals surface area contributed by atoms with E-state index in [-0.39, 0.29) is 6.61 Å². The van der Waals surface area contributed by atoms with Gasteiger partial charge >= 0.3 is 0 Å². The molecule has 1 N–H and O–H groups in total. The topological polar surface area (TPSA) is 68.0 Å². The molecule has 206 valence electrons. The van der Waals surface area contributed by atoms with Crippen LogP contribution in [0.1, 0.15) is 41.0 Å². The summed E-state index contributed by atoms with van der Waals surface area (Å²) in [5.41, 5.74) is 7.49. The van der Waals surface area contributed by atoms with E-state index in [0.29, 0.717) is 35.9 Å². The first-order chi connectivity index (χ1) is 19.6. The first-order valence-corrected chi connectivity index (χ1v) is 13.7. The van der Waals surface area contributed by atoms with E-state index >= 15 is 0 Å². The number of hydrogen-bond donors (Lipinski definition) is 1. The number of aliphatic hydroxyl groups is 1. The molecule has 0 saturated carbocycles. The Kier molecular flexibility index (Phi) is 9.24. The van der Waals surface area contributed by atoms with Gasteiger partial charge in [-0.15, -0.1) is 0 Å². The first-order valence-electron chi connectivity index (χ1n) is 13.7. The van der Waals surface area contributed by atoms with Crippen molar-refractivity contribution in [1.82, 2.24) is 10.1 Å². The Labute approximate surface area is 236 Å². The molecule has 0 bridgehead atoms. The smallest absolute Gasteiger partial charge is 0.167 e. The summed E-state index contributed by atoms with van der Waals surface area (Å²) in [6.45, 7) is 7.11. The van der Waals surface area contributed by atoms with Crippen molar-refractivity contribution >= 4 is 11.1 Å². The zero-order valence-corrected chi connectivity index (χ0v) is 23.0. The van der Waals surface area contributed by atoms with Gasteiger partial charge in [-0.3, -0.25) is 4.90 Å². The van der Waals surface area contributed by atoms with Crippen molar-refractivity contribution in [3.63, 3.8) is 0 Å². The fourth-order valence-corrected chi connectivity index (χ4v) is 5.22. The van der Waals surface area contributed by atoms with Gasteiger partial charge in [0.25, 0.3) is 0 Å². The standard InChI is InChI=1S/C34H36N2O4/c1-25(33-21-29(23-38-2)35-40-33)31-15-9-10-16-32(31)39-24-30(37)22-36-19-17-28(18-20-36)34(26-11-5-3-6-12-26)27-13-7-4-8-14-27/h3-16,21,30,37H,1,17-20,22-24H2,2H3. The van der Waals surface area contributed by atoms with Crippen LogP contribution in [0.4, 0.5) is 0 Å². The number of piperidine rings is 1. The normalized spacial score (nSPS) is 14.6. The highest BCUT2D eigenvalue weighted by molar-refractivity contribution is 5.82. The summed E-state index contributed by atoms with van der Waals surface area (Å²) in [5.74, 6) is 1.21. The molecule has 0 radical (unpaired) electrons. The molecule has 40 heavy (non-hydrogen) atoms. The second-order valence-corrected chi connectivity index (χ2v) is 10.1. The van der Waals surface area contributed by atoms with Crippen molar-refractivity contribution in [3.8, 4) is 5.75 Å². The third-order valence-corrected chi connectivity index (χ3v) is 7.20. The number of nitrogens with zero attached hydrogens (tertiary/aromatic N) is 2.